The van der Waals surface area contributed by atoms with Crippen LogP contribution in [0.5, 0.6) is 0 Å². The number of primary amides is 1. The molecule has 0 aromatic heterocycles. The summed E-state index contributed by atoms with van der Waals surface area (Å²) in [4.78, 5) is 81.7. The number of carbonyl (C=O) groups is 7. The Morgan fingerprint density at radius 2 is 1.21 bits per heavy atom. The number of thioether (sulfide) groups is 1. The predicted molar refractivity (Wildman–Crippen MR) is 117 cm³/mol. The highest BCUT2D eigenvalue weighted by molar-refractivity contribution is 7.98. The third-order valence-electron chi connectivity index (χ3n) is 4.29. The Labute approximate surface area is 198 Å². The van der Waals surface area contributed by atoms with Gasteiger partial charge in [0.2, 0.25) is 23.6 Å². The fourth-order valence-corrected chi connectivity index (χ4v) is 2.98. The summed E-state index contributed by atoms with van der Waals surface area (Å²) >= 11 is 1.32. The van der Waals surface area contributed by atoms with Crippen molar-refractivity contribution in [3.05, 3.63) is 0 Å². The number of carbonyl (C=O) groups excluding carboxylic acids is 4. The molecule has 4 atom stereocenters. The van der Waals surface area contributed by atoms with Crippen molar-refractivity contribution in [2.24, 2.45) is 11.5 Å². The SMILES string of the molecule is CSCCC(NC(=O)C(CC(=O)O)NC(=O)C(CC(=O)O)NC(=O)C(N)CCC(N)=O)C(=O)O. The minimum atomic E-state index is -1.77. The highest BCUT2D eigenvalue weighted by Crippen LogP contribution is 2.04. The Hall–Kier alpha value is -3.40. The van der Waals surface area contributed by atoms with Crippen molar-refractivity contribution in [1.29, 1.82) is 0 Å². The molecule has 0 aromatic rings. The van der Waals surface area contributed by atoms with Gasteiger partial charge in [-0.1, -0.05) is 0 Å². The number of carboxylic acid groups (broad SMARTS) is 3. The van der Waals surface area contributed by atoms with Gasteiger partial charge in [0.05, 0.1) is 18.9 Å². The van der Waals surface area contributed by atoms with Crippen molar-refractivity contribution in [3.8, 4) is 0 Å². The summed E-state index contributed by atoms with van der Waals surface area (Å²) in [5.74, 6) is -8.07. The molecule has 0 bridgehead atoms. The Kier molecular flexibility index (Phi) is 13.9. The standard InChI is InChI=1S/C18H29N5O10S/c1-34-5-4-9(18(32)33)21-16(30)11(7-14(27)28)23-17(31)10(6-13(25)26)22-15(29)8(19)2-3-12(20)24/h8-11H,2-7,19H2,1H3,(H2,20,24)(H,21,30)(H,22,29)(H,23,31)(H,25,26)(H,27,28)(H,32,33). The van der Waals surface area contributed by atoms with Crippen molar-refractivity contribution < 1.29 is 48.9 Å². The Balaban J connectivity index is 5.48. The van der Waals surface area contributed by atoms with E-state index in [0.29, 0.717) is 5.75 Å². The molecule has 0 rings (SSSR count). The number of hydrogen-bond acceptors (Lipinski definition) is 9. The van der Waals surface area contributed by atoms with Crippen molar-refractivity contribution >= 4 is 53.3 Å². The molecular weight excluding hydrogens is 478 g/mol. The van der Waals surface area contributed by atoms with E-state index in [0.717, 1.165) is 0 Å². The van der Waals surface area contributed by atoms with Crippen LogP contribution in [0.15, 0.2) is 0 Å². The molecular formula is C18H29N5O10S. The second kappa shape index (κ2) is 15.4. The van der Waals surface area contributed by atoms with E-state index in [9.17, 15) is 38.7 Å². The van der Waals surface area contributed by atoms with Crippen molar-refractivity contribution in [3.63, 3.8) is 0 Å². The summed E-state index contributed by atoms with van der Waals surface area (Å²) in [5.41, 5.74) is 10.6. The van der Waals surface area contributed by atoms with Crippen LogP contribution >= 0.6 is 11.8 Å². The van der Waals surface area contributed by atoms with Crippen molar-refractivity contribution in [2.45, 2.75) is 56.3 Å². The molecule has 0 saturated heterocycles. The minimum absolute atomic E-state index is 0.0247. The zero-order valence-corrected chi connectivity index (χ0v) is 19.1. The average molecular weight is 508 g/mol. The monoisotopic (exact) mass is 507 g/mol. The number of hydrogen-bond donors (Lipinski definition) is 8. The van der Waals surface area contributed by atoms with Crippen LogP contribution in [0.4, 0.5) is 0 Å². The molecule has 10 N–H and O–H groups in total. The first-order valence-electron chi connectivity index (χ1n) is 9.88. The largest absolute Gasteiger partial charge is 0.481 e. The molecule has 0 aromatic carbocycles. The van der Waals surface area contributed by atoms with Gasteiger partial charge in [-0.15, -0.1) is 0 Å². The van der Waals surface area contributed by atoms with Gasteiger partial charge < -0.3 is 42.7 Å². The van der Waals surface area contributed by atoms with Crippen molar-refractivity contribution in [2.75, 3.05) is 12.0 Å². The molecule has 192 valence electrons. The molecule has 0 saturated carbocycles. The van der Waals surface area contributed by atoms with Gasteiger partial charge in [0, 0.05) is 6.42 Å². The van der Waals surface area contributed by atoms with E-state index < -0.39 is 78.5 Å². The van der Waals surface area contributed by atoms with Gasteiger partial charge in [-0.3, -0.25) is 28.8 Å². The normalized spacial score (nSPS) is 14.1. The van der Waals surface area contributed by atoms with Crippen LogP contribution in [0.3, 0.4) is 0 Å². The maximum Gasteiger partial charge on any atom is 0.326 e. The smallest absolute Gasteiger partial charge is 0.326 e. The molecule has 34 heavy (non-hydrogen) atoms. The molecule has 0 spiro atoms. The molecule has 16 heteroatoms. The highest BCUT2D eigenvalue weighted by atomic mass is 32.2. The maximum atomic E-state index is 12.6. The lowest BCUT2D eigenvalue weighted by Gasteiger charge is -2.24. The van der Waals surface area contributed by atoms with Gasteiger partial charge in [-0.25, -0.2) is 4.79 Å². The number of rotatable bonds is 17. The Bertz CT molecular complexity index is 793. The van der Waals surface area contributed by atoms with E-state index in [-0.39, 0.29) is 19.3 Å². The van der Waals surface area contributed by atoms with Gasteiger partial charge in [0.25, 0.3) is 0 Å². The molecule has 0 radical (unpaired) electrons. The summed E-state index contributed by atoms with van der Waals surface area (Å²) in [6.07, 6.45) is -0.571. The van der Waals surface area contributed by atoms with E-state index in [1.165, 1.54) is 11.8 Å². The van der Waals surface area contributed by atoms with E-state index >= 15 is 0 Å². The van der Waals surface area contributed by atoms with Gasteiger partial charge in [-0.05, 0) is 24.9 Å². The van der Waals surface area contributed by atoms with Gasteiger partial charge in [0.15, 0.2) is 0 Å². The maximum absolute atomic E-state index is 12.6. The number of aliphatic carboxylic acids is 3. The molecule has 4 amide bonds. The summed E-state index contributed by atoms with van der Waals surface area (Å²) in [7, 11) is 0. The van der Waals surface area contributed by atoms with E-state index in [4.69, 9.17) is 21.7 Å². The van der Waals surface area contributed by atoms with Crippen LogP contribution in [0, 0.1) is 0 Å². The van der Waals surface area contributed by atoms with Crippen LogP contribution in [-0.2, 0) is 33.6 Å². The lowest BCUT2D eigenvalue weighted by atomic mass is 10.1. The Morgan fingerprint density at radius 1 is 0.765 bits per heavy atom. The molecule has 0 aliphatic rings. The first-order valence-corrected chi connectivity index (χ1v) is 11.3. The van der Waals surface area contributed by atoms with Crippen LogP contribution in [0.25, 0.3) is 0 Å². The molecule has 0 heterocycles. The van der Waals surface area contributed by atoms with Crippen LogP contribution < -0.4 is 27.4 Å². The molecule has 15 nitrogen and oxygen atoms in total. The number of nitrogens with one attached hydrogen (secondary N) is 3. The first-order chi connectivity index (χ1) is 15.8. The topological polar surface area (TPSA) is 268 Å². The first kappa shape index (κ1) is 30.6. The van der Waals surface area contributed by atoms with Gasteiger partial charge in [0.1, 0.15) is 18.1 Å². The quantitative estimate of drug-likeness (QED) is 0.0968. The third-order valence-corrected chi connectivity index (χ3v) is 4.93. The van der Waals surface area contributed by atoms with E-state index in [1.54, 1.807) is 6.26 Å². The van der Waals surface area contributed by atoms with E-state index in [2.05, 4.69) is 10.6 Å². The van der Waals surface area contributed by atoms with Crippen LogP contribution in [-0.4, -0.2) is 93.0 Å². The second-order valence-corrected chi connectivity index (χ2v) is 8.10. The average Bonchev–Trinajstić information content (AvgIpc) is 2.72. The van der Waals surface area contributed by atoms with Gasteiger partial charge >= 0.3 is 17.9 Å². The lowest BCUT2D eigenvalue weighted by molar-refractivity contribution is -0.145. The number of amides is 4. The fourth-order valence-electron chi connectivity index (χ4n) is 2.51. The molecule has 4 unspecified atom stereocenters. The summed E-state index contributed by atoms with van der Waals surface area (Å²) in [6, 6.07) is -6.17. The van der Waals surface area contributed by atoms with Crippen LogP contribution in [0.1, 0.15) is 32.1 Å². The summed E-state index contributed by atoms with van der Waals surface area (Å²) in [6.45, 7) is 0. The van der Waals surface area contributed by atoms with E-state index in [1.807, 2.05) is 5.32 Å². The molecule has 0 fully saturated rings. The zero-order valence-electron chi connectivity index (χ0n) is 18.3. The zero-order chi connectivity index (χ0) is 26.4. The number of nitrogens with two attached hydrogens (primary N) is 2. The summed E-state index contributed by atoms with van der Waals surface area (Å²) in [5, 5.41) is 33.6. The highest BCUT2D eigenvalue weighted by Gasteiger charge is 2.32. The van der Waals surface area contributed by atoms with Crippen LogP contribution in [0.2, 0.25) is 0 Å². The summed E-state index contributed by atoms with van der Waals surface area (Å²) < 4.78 is 0. The third kappa shape index (κ3) is 12.6. The minimum Gasteiger partial charge on any atom is -0.481 e. The Morgan fingerprint density at radius 3 is 1.59 bits per heavy atom. The van der Waals surface area contributed by atoms with Gasteiger partial charge in [-0.2, -0.15) is 11.8 Å². The molecule has 0 aliphatic carbocycles. The predicted octanol–water partition coefficient (Wildman–Crippen LogP) is -3.18. The lowest BCUT2D eigenvalue weighted by Crippen LogP contribution is -2.58. The van der Waals surface area contributed by atoms with Crippen molar-refractivity contribution in [1.82, 2.24) is 16.0 Å². The number of carboxylic acids is 3. The molecule has 0 aliphatic heterocycles. The second-order valence-electron chi connectivity index (χ2n) is 7.11. The fraction of sp³-hybridized carbons (Fsp3) is 0.611.